The second-order valence-corrected chi connectivity index (χ2v) is 3.17. The van der Waals surface area contributed by atoms with E-state index in [1.807, 2.05) is 0 Å². The van der Waals surface area contributed by atoms with Crippen molar-refractivity contribution in [1.82, 2.24) is 5.48 Å². The Hall–Kier alpha value is -0.720. The summed E-state index contributed by atoms with van der Waals surface area (Å²) in [4.78, 5) is 0. The number of nitrogens with one attached hydrogen (secondary N) is 1. The van der Waals surface area contributed by atoms with E-state index in [9.17, 15) is 13.9 Å². The van der Waals surface area contributed by atoms with Gasteiger partial charge in [0.05, 0.1) is 11.0 Å². The van der Waals surface area contributed by atoms with Crippen LogP contribution in [0.25, 0.3) is 0 Å². The molecule has 0 unspecified atom stereocenters. The first-order valence-electron chi connectivity index (χ1n) is 3.30. The number of phenolic OH excluding ortho intramolecular Hbond substituents is 1. The monoisotopic (exact) mass is 253 g/mol. The van der Waals surface area contributed by atoms with E-state index >= 15 is 0 Å². The molecular formula is C7H6BrF2NO2. The van der Waals surface area contributed by atoms with Crippen LogP contribution in [0.2, 0.25) is 0 Å². The highest BCUT2D eigenvalue weighted by Gasteiger charge is 2.16. The molecule has 72 valence electrons. The van der Waals surface area contributed by atoms with Crippen molar-refractivity contribution in [2.45, 2.75) is 6.54 Å². The topological polar surface area (TPSA) is 52.5 Å². The summed E-state index contributed by atoms with van der Waals surface area (Å²) in [5.41, 5.74) is 1.31. The van der Waals surface area contributed by atoms with Crippen LogP contribution in [-0.2, 0) is 6.54 Å². The molecule has 1 aromatic rings. The number of hydrogen-bond acceptors (Lipinski definition) is 3. The Morgan fingerprint density at radius 3 is 2.62 bits per heavy atom. The van der Waals surface area contributed by atoms with Gasteiger partial charge in [-0.05, 0) is 22.0 Å². The molecule has 3 nitrogen and oxygen atoms in total. The Bertz CT molecular complexity index is 307. The number of phenols is 1. The van der Waals surface area contributed by atoms with Gasteiger partial charge >= 0.3 is 0 Å². The molecule has 0 aromatic heterocycles. The van der Waals surface area contributed by atoms with Gasteiger partial charge < -0.3 is 10.3 Å². The highest BCUT2D eigenvalue weighted by atomic mass is 79.9. The lowest BCUT2D eigenvalue weighted by atomic mass is 10.2. The molecule has 0 heterocycles. The van der Waals surface area contributed by atoms with E-state index in [0.717, 1.165) is 6.07 Å². The Labute approximate surface area is 81.1 Å². The number of hydroxylamine groups is 1. The van der Waals surface area contributed by atoms with Gasteiger partial charge in [-0.1, -0.05) is 0 Å². The SMILES string of the molecule is ONCc1c(O)c(Br)cc(F)c1F. The van der Waals surface area contributed by atoms with Crippen LogP contribution in [0, 0.1) is 11.6 Å². The fraction of sp³-hybridized carbons (Fsp3) is 0.143. The van der Waals surface area contributed by atoms with Crippen LogP contribution in [0.3, 0.4) is 0 Å². The second kappa shape index (κ2) is 3.99. The van der Waals surface area contributed by atoms with Crippen molar-refractivity contribution in [2.24, 2.45) is 0 Å². The third-order valence-electron chi connectivity index (χ3n) is 1.50. The Morgan fingerprint density at radius 1 is 1.46 bits per heavy atom. The van der Waals surface area contributed by atoms with Crippen LogP contribution in [-0.4, -0.2) is 10.3 Å². The fourth-order valence-electron chi connectivity index (χ4n) is 0.876. The maximum absolute atomic E-state index is 12.9. The lowest BCUT2D eigenvalue weighted by Gasteiger charge is -2.07. The van der Waals surface area contributed by atoms with Crippen molar-refractivity contribution in [1.29, 1.82) is 0 Å². The van der Waals surface area contributed by atoms with Crippen molar-refractivity contribution in [3.05, 3.63) is 27.7 Å². The van der Waals surface area contributed by atoms with E-state index in [4.69, 9.17) is 5.21 Å². The first-order chi connectivity index (χ1) is 6.07. The van der Waals surface area contributed by atoms with Gasteiger partial charge in [-0.25, -0.2) is 14.3 Å². The number of aromatic hydroxyl groups is 1. The van der Waals surface area contributed by atoms with Crippen molar-refractivity contribution in [2.75, 3.05) is 0 Å². The van der Waals surface area contributed by atoms with Gasteiger partial charge in [-0.2, -0.15) is 0 Å². The molecule has 0 fully saturated rings. The molecule has 0 aliphatic carbocycles. The van der Waals surface area contributed by atoms with Gasteiger partial charge in [0.2, 0.25) is 0 Å². The van der Waals surface area contributed by atoms with Crippen molar-refractivity contribution in [3.63, 3.8) is 0 Å². The van der Waals surface area contributed by atoms with E-state index in [0.29, 0.717) is 0 Å². The summed E-state index contributed by atoms with van der Waals surface area (Å²) in [6.07, 6.45) is 0. The summed E-state index contributed by atoms with van der Waals surface area (Å²) >= 11 is 2.83. The molecule has 0 saturated carbocycles. The zero-order valence-corrected chi connectivity index (χ0v) is 7.90. The van der Waals surface area contributed by atoms with Gasteiger partial charge in [0.15, 0.2) is 11.6 Å². The van der Waals surface area contributed by atoms with Crippen LogP contribution in [0.4, 0.5) is 8.78 Å². The quantitative estimate of drug-likeness (QED) is 0.558. The lowest BCUT2D eigenvalue weighted by molar-refractivity contribution is 0.158. The fourth-order valence-corrected chi connectivity index (χ4v) is 1.32. The zero-order valence-electron chi connectivity index (χ0n) is 6.31. The third-order valence-corrected chi connectivity index (χ3v) is 2.10. The molecule has 0 saturated heterocycles. The minimum absolute atomic E-state index is 0.0386. The number of rotatable bonds is 2. The molecule has 0 aliphatic heterocycles. The van der Waals surface area contributed by atoms with Crippen molar-refractivity contribution >= 4 is 15.9 Å². The summed E-state index contributed by atoms with van der Waals surface area (Å²) in [5.74, 6) is -2.70. The van der Waals surface area contributed by atoms with Gasteiger partial charge in [-0.15, -0.1) is 0 Å². The number of halogens is 3. The second-order valence-electron chi connectivity index (χ2n) is 2.32. The summed E-state index contributed by atoms with van der Waals surface area (Å²) in [6, 6.07) is 0.811. The number of benzene rings is 1. The Morgan fingerprint density at radius 2 is 2.08 bits per heavy atom. The summed E-state index contributed by atoms with van der Waals surface area (Å²) in [5, 5.41) is 17.5. The predicted molar refractivity (Wildman–Crippen MR) is 44.3 cm³/mol. The predicted octanol–water partition coefficient (Wildman–Crippen LogP) is 1.91. The third kappa shape index (κ3) is 1.96. The summed E-state index contributed by atoms with van der Waals surface area (Å²) in [6.45, 7) is -0.367. The molecule has 6 heteroatoms. The standard InChI is InChI=1S/C7H6BrF2NO2/c8-4-1-5(9)6(10)3(2-11-13)7(4)12/h1,11-13H,2H2. The molecule has 0 aliphatic rings. The molecule has 0 atom stereocenters. The van der Waals surface area contributed by atoms with E-state index in [1.165, 1.54) is 0 Å². The molecule has 1 rings (SSSR count). The van der Waals surface area contributed by atoms with Gasteiger partial charge in [-0.3, -0.25) is 0 Å². The zero-order chi connectivity index (χ0) is 10.0. The highest BCUT2D eigenvalue weighted by Crippen LogP contribution is 2.31. The molecule has 0 bridgehead atoms. The normalized spacial score (nSPS) is 10.5. The van der Waals surface area contributed by atoms with Crippen LogP contribution in [0.1, 0.15) is 5.56 Å². The first kappa shape index (κ1) is 10.4. The minimum atomic E-state index is -1.18. The summed E-state index contributed by atoms with van der Waals surface area (Å²) < 4.78 is 25.7. The Kier molecular flexibility index (Phi) is 3.18. The molecule has 0 amide bonds. The van der Waals surface area contributed by atoms with Crippen molar-refractivity contribution < 1.29 is 19.1 Å². The van der Waals surface area contributed by atoms with Gasteiger partial charge in [0.1, 0.15) is 5.75 Å². The average molecular weight is 254 g/mol. The van der Waals surface area contributed by atoms with Crippen LogP contribution >= 0.6 is 15.9 Å². The van der Waals surface area contributed by atoms with Gasteiger partial charge in [0, 0.05) is 5.56 Å². The van der Waals surface area contributed by atoms with Crippen LogP contribution < -0.4 is 5.48 Å². The smallest absolute Gasteiger partial charge is 0.167 e. The average Bonchev–Trinajstić information content (AvgIpc) is 2.09. The molecular weight excluding hydrogens is 248 g/mol. The van der Waals surface area contributed by atoms with Crippen molar-refractivity contribution in [3.8, 4) is 5.75 Å². The highest BCUT2D eigenvalue weighted by molar-refractivity contribution is 9.10. The van der Waals surface area contributed by atoms with E-state index in [1.54, 1.807) is 5.48 Å². The minimum Gasteiger partial charge on any atom is -0.506 e. The molecule has 1 aromatic carbocycles. The van der Waals surface area contributed by atoms with Crippen LogP contribution in [0.15, 0.2) is 10.5 Å². The lowest BCUT2D eigenvalue weighted by Crippen LogP contribution is -2.09. The first-order valence-corrected chi connectivity index (χ1v) is 4.09. The van der Waals surface area contributed by atoms with E-state index in [2.05, 4.69) is 15.9 Å². The van der Waals surface area contributed by atoms with E-state index < -0.39 is 17.4 Å². The Balaban J connectivity index is 3.28. The maximum atomic E-state index is 12.9. The number of hydrogen-bond donors (Lipinski definition) is 3. The van der Waals surface area contributed by atoms with Crippen LogP contribution in [0.5, 0.6) is 5.75 Å². The molecule has 0 radical (unpaired) electrons. The molecule has 13 heavy (non-hydrogen) atoms. The largest absolute Gasteiger partial charge is 0.506 e. The molecule has 3 N–H and O–H groups in total. The summed E-state index contributed by atoms with van der Waals surface area (Å²) in [7, 11) is 0. The van der Waals surface area contributed by atoms with E-state index in [-0.39, 0.29) is 16.6 Å². The van der Waals surface area contributed by atoms with Gasteiger partial charge in [0.25, 0.3) is 0 Å². The molecule has 0 spiro atoms. The maximum Gasteiger partial charge on any atom is 0.167 e.